The third-order valence-electron chi connectivity index (χ3n) is 3.34. The highest BCUT2D eigenvalue weighted by atomic mass is 35.5. The monoisotopic (exact) mass is 252 g/mol. The van der Waals surface area contributed by atoms with E-state index < -0.39 is 0 Å². The van der Waals surface area contributed by atoms with Gasteiger partial charge in [-0.3, -0.25) is 4.79 Å². The third kappa shape index (κ3) is 2.79. The average molecular weight is 253 g/mol. The van der Waals surface area contributed by atoms with Crippen molar-refractivity contribution in [2.45, 2.75) is 12.8 Å². The number of nitrogens with two attached hydrogens (primary N) is 1. The summed E-state index contributed by atoms with van der Waals surface area (Å²) in [6.45, 7) is 2.28. The van der Waals surface area contributed by atoms with Gasteiger partial charge in [-0.05, 0) is 37.4 Å². The Morgan fingerprint density at radius 2 is 2.00 bits per heavy atom. The number of benzene rings is 1. The molecule has 1 aromatic carbocycles. The van der Waals surface area contributed by atoms with Gasteiger partial charge in [-0.1, -0.05) is 23.7 Å². The van der Waals surface area contributed by atoms with Crippen molar-refractivity contribution in [3.63, 3.8) is 0 Å². The van der Waals surface area contributed by atoms with Crippen molar-refractivity contribution in [3.8, 4) is 0 Å². The van der Waals surface area contributed by atoms with Crippen LogP contribution in [0.25, 0.3) is 0 Å². The van der Waals surface area contributed by atoms with Gasteiger partial charge in [0, 0.05) is 13.1 Å². The summed E-state index contributed by atoms with van der Waals surface area (Å²) >= 11 is 6.03. The van der Waals surface area contributed by atoms with E-state index in [0.717, 1.165) is 25.9 Å². The Morgan fingerprint density at radius 1 is 1.35 bits per heavy atom. The van der Waals surface area contributed by atoms with Crippen molar-refractivity contribution >= 4 is 17.5 Å². The summed E-state index contributed by atoms with van der Waals surface area (Å²) in [4.78, 5) is 14.1. The normalized spacial score (nSPS) is 17.2. The highest BCUT2D eigenvalue weighted by Crippen LogP contribution is 2.21. The van der Waals surface area contributed by atoms with Crippen LogP contribution in [0.2, 0.25) is 5.02 Å². The van der Waals surface area contributed by atoms with E-state index in [0.29, 0.717) is 23.0 Å². The molecule has 1 saturated heterocycles. The Balaban J connectivity index is 2.04. The number of carbonyl (C=O) groups is 1. The van der Waals surface area contributed by atoms with Crippen molar-refractivity contribution in [1.29, 1.82) is 0 Å². The molecule has 0 atom stereocenters. The van der Waals surface area contributed by atoms with Gasteiger partial charge in [-0.15, -0.1) is 0 Å². The van der Waals surface area contributed by atoms with E-state index in [1.807, 2.05) is 17.0 Å². The number of likely N-dealkylation sites (tertiary alicyclic amines) is 1. The summed E-state index contributed by atoms with van der Waals surface area (Å²) in [5.41, 5.74) is 6.23. The van der Waals surface area contributed by atoms with Crippen molar-refractivity contribution in [1.82, 2.24) is 4.90 Å². The molecule has 0 aliphatic carbocycles. The van der Waals surface area contributed by atoms with E-state index >= 15 is 0 Å². The zero-order valence-electron chi connectivity index (χ0n) is 9.73. The van der Waals surface area contributed by atoms with Gasteiger partial charge < -0.3 is 10.6 Å². The third-order valence-corrected chi connectivity index (χ3v) is 3.67. The molecule has 1 amide bonds. The molecule has 0 saturated carbocycles. The minimum absolute atomic E-state index is 0.0334. The SMILES string of the molecule is NCC1CCN(C(=O)c2ccccc2Cl)CC1. The van der Waals surface area contributed by atoms with Gasteiger partial charge in [0.25, 0.3) is 5.91 Å². The number of amides is 1. The molecule has 1 aliphatic heterocycles. The maximum Gasteiger partial charge on any atom is 0.255 e. The number of carbonyl (C=O) groups excluding carboxylic acids is 1. The Kier molecular flexibility index (Phi) is 4.02. The predicted molar refractivity (Wildman–Crippen MR) is 69.1 cm³/mol. The molecule has 17 heavy (non-hydrogen) atoms. The summed E-state index contributed by atoms with van der Waals surface area (Å²) in [6, 6.07) is 7.20. The number of nitrogens with zero attached hydrogens (tertiary/aromatic N) is 1. The van der Waals surface area contributed by atoms with Crippen LogP contribution >= 0.6 is 11.6 Å². The van der Waals surface area contributed by atoms with E-state index in [-0.39, 0.29) is 5.91 Å². The van der Waals surface area contributed by atoms with Crippen LogP contribution in [-0.2, 0) is 0 Å². The molecule has 2 rings (SSSR count). The van der Waals surface area contributed by atoms with Crippen LogP contribution in [0.5, 0.6) is 0 Å². The zero-order chi connectivity index (χ0) is 12.3. The van der Waals surface area contributed by atoms with E-state index in [2.05, 4.69) is 0 Å². The number of piperidine rings is 1. The van der Waals surface area contributed by atoms with Crippen molar-refractivity contribution in [2.75, 3.05) is 19.6 Å². The zero-order valence-corrected chi connectivity index (χ0v) is 10.5. The molecule has 0 radical (unpaired) electrons. The molecular formula is C13H17ClN2O. The minimum Gasteiger partial charge on any atom is -0.339 e. The standard InChI is InChI=1S/C13H17ClN2O/c14-12-4-2-1-3-11(12)13(17)16-7-5-10(9-15)6-8-16/h1-4,10H,5-9,15H2. The maximum absolute atomic E-state index is 12.2. The first-order valence-electron chi connectivity index (χ1n) is 5.96. The molecule has 92 valence electrons. The van der Waals surface area contributed by atoms with Gasteiger partial charge >= 0.3 is 0 Å². The van der Waals surface area contributed by atoms with Gasteiger partial charge in [0.1, 0.15) is 0 Å². The summed E-state index contributed by atoms with van der Waals surface area (Å²) in [7, 11) is 0. The Bertz CT molecular complexity index is 400. The molecule has 1 heterocycles. The molecule has 4 heteroatoms. The second kappa shape index (κ2) is 5.52. The van der Waals surface area contributed by atoms with Crippen LogP contribution in [0, 0.1) is 5.92 Å². The van der Waals surface area contributed by atoms with Crippen molar-refractivity contribution < 1.29 is 4.79 Å². The molecule has 1 aliphatic rings. The number of hydrogen-bond donors (Lipinski definition) is 1. The van der Waals surface area contributed by atoms with E-state index in [4.69, 9.17) is 17.3 Å². The maximum atomic E-state index is 12.2. The van der Waals surface area contributed by atoms with Crippen LogP contribution in [0.3, 0.4) is 0 Å². The Morgan fingerprint density at radius 3 is 2.59 bits per heavy atom. The lowest BCUT2D eigenvalue weighted by Crippen LogP contribution is -2.40. The fraction of sp³-hybridized carbons (Fsp3) is 0.462. The second-order valence-electron chi connectivity index (χ2n) is 4.45. The van der Waals surface area contributed by atoms with Crippen LogP contribution in [-0.4, -0.2) is 30.4 Å². The highest BCUT2D eigenvalue weighted by Gasteiger charge is 2.23. The largest absolute Gasteiger partial charge is 0.339 e. The van der Waals surface area contributed by atoms with E-state index in [9.17, 15) is 4.79 Å². The Labute approximate surface area is 107 Å². The van der Waals surface area contributed by atoms with Gasteiger partial charge in [-0.2, -0.15) is 0 Å². The molecule has 0 spiro atoms. The predicted octanol–water partition coefficient (Wildman–Crippen LogP) is 2.15. The minimum atomic E-state index is 0.0334. The number of halogens is 1. The summed E-state index contributed by atoms with van der Waals surface area (Å²) in [6.07, 6.45) is 1.99. The topological polar surface area (TPSA) is 46.3 Å². The van der Waals surface area contributed by atoms with E-state index in [1.54, 1.807) is 12.1 Å². The van der Waals surface area contributed by atoms with Crippen LogP contribution in [0.1, 0.15) is 23.2 Å². The summed E-state index contributed by atoms with van der Waals surface area (Å²) < 4.78 is 0. The molecule has 1 fully saturated rings. The Hall–Kier alpha value is -1.06. The van der Waals surface area contributed by atoms with E-state index in [1.165, 1.54) is 0 Å². The summed E-state index contributed by atoms with van der Waals surface area (Å²) in [5.74, 6) is 0.594. The van der Waals surface area contributed by atoms with Crippen molar-refractivity contribution in [3.05, 3.63) is 34.9 Å². The molecule has 2 N–H and O–H groups in total. The lowest BCUT2D eigenvalue weighted by molar-refractivity contribution is 0.0693. The van der Waals surface area contributed by atoms with Gasteiger partial charge in [0.2, 0.25) is 0 Å². The smallest absolute Gasteiger partial charge is 0.255 e. The lowest BCUT2D eigenvalue weighted by atomic mass is 9.96. The van der Waals surface area contributed by atoms with Gasteiger partial charge in [0.05, 0.1) is 10.6 Å². The quantitative estimate of drug-likeness (QED) is 0.877. The second-order valence-corrected chi connectivity index (χ2v) is 4.86. The highest BCUT2D eigenvalue weighted by molar-refractivity contribution is 6.33. The fourth-order valence-electron chi connectivity index (χ4n) is 2.18. The average Bonchev–Trinajstić information content (AvgIpc) is 2.39. The fourth-order valence-corrected chi connectivity index (χ4v) is 2.39. The first-order chi connectivity index (χ1) is 8.22. The van der Waals surface area contributed by atoms with Crippen LogP contribution in [0.4, 0.5) is 0 Å². The molecule has 1 aromatic rings. The molecule has 3 nitrogen and oxygen atoms in total. The molecule has 0 aromatic heterocycles. The molecular weight excluding hydrogens is 236 g/mol. The van der Waals surface area contributed by atoms with Crippen LogP contribution in [0.15, 0.2) is 24.3 Å². The number of hydrogen-bond acceptors (Lipinski definition) is 2. The van der Waals surface area contributed by atoms with Crippen LogP contribution < -0.4 is 5.73 Å². The lowest BCUT2D eigenvalue weighted by Gasteiger charge is -2.31. The number of rotatable bonds is 2. The first kappa shape index (κ1) is 12.4. The van der Waals surface area contributed by atoms with Crippen molar-refractivity contribution in [2.24, 2.45) is 11.7 Å². The first-order valence-corrected chi connectivity index (χ1v) is 6.34. The molecule has 0 unspecified atom stereocenters. The summed E-state index contributed by atoms with van der Waals surface area (Å²) in [5, 5.41) is 0.526. The molecule has 0 bridgehead atoms. The van der Waals surface area contributed by atoms with Gasteiger partial charge in [-0.25, -0.2) is 0 Å². The van der Waals surface area contributed by atoms with Gasteiger partial charge in [0.15, 0.2) is 0 Å².